The molecule has 3 rings (SSSR count). The van der Waals surface area contributed by atoms with E-state index >= 15 is 0 Å². The number of fused-ring (bicyclic) bond motifs is 1. The van der Waals surface area contributed by atoms with Crippen LogP contribution in [-0.2, 0) is 28.6 Å². The Balaban J connectivity index is 2.03. The van der Waals surface area contributed by atoms with Gasteiger partial charge in [0.2, 0.25) is 0 Å². The summed E-state index contributed by atoms with van der Waals surface area (Å²) in [6.07, 6.45) is 4.08. The lowest BCUT2D eigenvalue weighted by molar-refractivity contribution is -0.172. The number of carbonyl (C=O) groups excluding carboxylic acids is 3. The Bertz CT molecular complexity index is 712. The van der Waals surface area contributed by atoms with Crippen molar-refractivity contribution in [1.29, 1.82) is 0 Å². The van der Waals surface area contributed by atoms with E-state index in [4.69, 9.17) is 14.2 Å². The van der Waals surface area contributed by atoms with Crippen molar-refractivity contribution in [2.24, 2.45) is 22.7 Å². The zero-order chi connectivity index (χ0) is 20.7. The van der Waals surface area contributed by atoms with Gasteiger partial charge in [-0.25, -0.2) is 4.79 Å². The summed E-state index contributed by atoms with van der Waals surface area (Å²) < 4.78 is 16.9. The number of hydrogen-bond acceptors (Lipinski definition) is 7. The first kappa shape index (κ1) is 21.0. The lowest BCUT2D eigenvalue weighted by atomic mass is 9.61. The fourth-order valence-electron chi connectivity index (χ4n) is 5.38. The number of ether oxygens (including phenoxy) is 3. The molecule has 0 aromatic carbocycles. The van der Waals surface area contributed by atoms with Crippen LogP contribution in [0.4, 0.5) is 0 Å². The maximum atomic E-state index is 12.9. The van der Waals surface area contributed by atoms with Gasteiger partial charge in [-0.15, -0.1) is 11.8 Å². The van der Waals surface area contributed by atoms with Crippen LogP contribution in [-0.4, -0.2) is 43.0 Å². The maximum Gasteiger partial charge on any atom is 0.331 e. The minimum Gasteiger partial charge on any atom is -0.461 e. The molecule has 1 saturated heterocycles. The van der Waals surface area contributed by atoms with Gasteiger partial charge in [-0.1, -0.05) is 20.4 Å². The van der Waals surface area contributed by atoms with E-state index in [1.54, 1.807) is 5.41 Å². The highest BCUT2D eigenvalue weighted by molar-refractivity contribution is 8.01. The molecular formula is C21H28O6S. The van der Waals surface area contributed by atoms with E-state index in [-0.39, 0.29) is 29.8 Å². The summed E-state index contributed by atoms with van der Waals surface area (Å²) in [7, 11) is 0. The van der Waals surface area contributed by atoms with Gasteiger partial charge < -0.3 is 14.2 Å². The Morgan fingerprint density at radius 1 is 1.32 bits per heavy atom. The summed E-state index contributed by atoms with van der Waals surface area (Å²) in [4.78, 5) is 37.1. The van der Waals surface area contributed by atoms with Crippen LogP contribution in [0.25, 0.3) is 0 Å². The lowest BCUT2D eigenvalue weighted by Crippen LogP contribution is -2.50. The highest BCUT2D eigenvalue weighted by Gasteiger charge is 2.71. The smallest absolute Gasteiger partial charge is 0.331 e. The van der Waals surface area contributed by atoms with E-state index in [2.05, 4.69) is 20.4 Å². The van der Waals surface area contributed by atoms with Crippen molar-refractivity contribution in [3.05, 3.63) is 23.6 Å². The van der Waals surface area contributed by atoms with Gasteiger partial charge in [-0.2, -0.15) is 0 Å². The Morgan fingerprint density at radius 2 is 2.04 bits per heavy atom. The summed E-state index contributed by atoms with van der Waals surface area (Å²) in [5.74, 6) is -1.31. The third kappa shape index (κ3) is 3.17. The summed E-state index contributed by atoms with van der Waals surface area (Å²) in [5, 5.41) is 1.67. The monoisotopic (exact) mass is 408 g/mol. The Hall–Kier alpha value is -1.76. The second-order valence-electron chi connectivity index (χ2n) is 8.38. The van der Waals surface area contributed by atoms with Crippen molar-refractivity contribution in [3.63, 3.8) is 0 Å². The van der Waals surface area contributed by atoms with Gasteiger partial charge >= 0.3 is 17.9 Å². The molecule has 0 N–H and O–H groups in total. The molecule has 0 amide bonds. The zero-order valence-corrected chi connectivity index (χ0v) is 17.7. The molecule has 3 aliphatic rings. The largest absolute Gasteiger partial charge is 0.461 e. The first-order valence-electron chi connectivity index (χ1n) is 9.59. The molecule has 2 saturated carbocycles. The quantitative estimate of drug-likeness (QED) is 0.306. The van der Waals surface area contributed by atoms with Gasteiger partial charge in [0, 0.05) is 18.9 Å². The first-order chi connectivity index (χ1) is 13.2. The predicted molar refractivity (Wildman–Crippen MR) is 105 cm³/mol. The number of esters is 3. The summed E-state index contributed by atoms with van der Waals surface area (Å²) in [5.41, 5.74) is -0.776. The van der Waals surface area contributed by atoms with E-state index in [0.717, 1.165) is 6.42 Å². The van der Waals surface area contributed by atoms with Crippen molar-refractivity contribution in [2.45, 2.75) is 52.2 Å². The summed E-state index contributed by atoms with van der Waals surface area (Å²) in [6.45, 7) is 9.79. The highest BCUT2D eigenvalue weighted by atomic mass is 32.2. The molecular weight excluding hydrogens is 380 g/mol. The molecule has 28 heavy (non-hydrogen) atoms. The van der Waals surface area contributed by atoms with Crippen LogP contribution in [0.1, 0.15) is 40.0 Å². The average Bonchev–Trinajstić information content (AvgIpc) is 3.06. The minimum absolute atomic E-state index is 0.134. The molecule has 1 spiro atoms. The van der Waals surface area contributed by atoms with Crippen molar-refractivity contribution in [2.75, 3.05) is 12.9 Å². The van der Waals surface area contributed by atoms with Crippen LogP contribution < -0.4 is 0 Å². The van der Waals surface area contributed by atoms with Crippen molar-refractivity contribution in [1.82, 2.24) is 0 Å². The SMILES string of the molecule is C=C1COC(=O)[C@]12C[C@]1(C)C(C)CCC(OC(=O)C=CSC)[C@@H]1C2OC(C)=O. The van der Waals surface area contributed by atoms with Crippen molar-refractivity contribution >= 4 is 29.7 Å². The molecule has 154 valence electrons. The molecule has 0 radical (unpaired) electrons. The average molecular weight is 409 g/mol. The van der Waals surface area contributed by atoms with Gasteiger partial charge in [-0.05, 0) is 47.8 Å². The second kappa shape index (κ2) is 7.58. The molecule has 6 atom stereocenters. The number of rotatable bonds is 4. The number of carbonyl (C=O) groups is 3. The number of hydrogen-bond donors (Lipinski definition) is 0. The topological polar surface area (TPSA) is 78.9 Å². The molecule has 7 heteroatoms. The van der Waals surface area contributed by atoms with Gasteiger partial charge in [-0.3, -0.25) is 9.59 Å². The third-order valence-electron chi connectivity index (χ3n) is 6.92. The van der Waals surface area contributed by atoms with E-state index in [1.807, 2.05) is 6.26 Å². The molecule has 6 nitrogen and oxygen atoms in total. The van der Waals surface area contributed by atoms with E-state index in [1.165, 1.54) is 24.8 Å². The number of cyclic esters (lactones) is 1. The highest BCUT2D eigenvalue weighted by Crippen LogP contribution is 2.66. The predicted octanol–water partition coefficient (Wildman–Crippen LogP) is 3.26. The van der Waals surface area contributed by atoms with Gasteiger partial charge in [0.15, 0.2) is 0 Å². The van der Waals surface area contributed by atoms with Crippen LogP contribution in [0.5, 0.6) is 0 Å². The van der Waals surface area contributed by atoms with Gasteiger partial charge in [0.1, 0.15) is 24.2 Å². The molecule has 0 bridgehead atoms. The zero-order valence-electron chi connectivity index (χ0n) is 16.9. The normalized spacial score (nSPS) is 39.9. The Labute approximate surface area is 170 Å². The lowest BCUT2D eigenvalue weighted by Gasteiger charge is -2.46. The minimum atomic E-state index is -1.07. The second-order valence-corrected chi connectivity index (χ2v) is 9.13. The number of thioether (sulfide) groups is 1. The van der Waals surface area contributed by atoms with Gasteiger partial charge in [0.05, 0.1) is 0 Å². The first-order valence-corrected chi connectivity index (χ1v) is 10.9. The van der Waals surface area contributed by atoms with Crippen molar-refractivity contribution < 1.29 is 28.6 Å². The fraction of sp³-hybridized carbons (Fsp3) is 0.667. The molecule has 3 unspecified atom stereocenters. The Kier molecular flexibility index (Phi) is 5.67. The van der Waals surface area contributed by atoms with Crippen LogP contribution >= 0.6 is 11.8 Å². The summed E-state index contributed by atoms with van der Waals surface area (Å²) >= 11 is 1.41. The Morgan fingerprint density at radius 3 is 2.61 bits per heavy atom. The third-order valence-corrected chi connectivity index (χ3v) is 7.33. The van der Waals surface area contributed by atoms with Crippen LogP contribution in [0, 0.1) is 22.7 Å². The fourth-order valence-corrected chi connectivity index (χ4v) is 5.63. The molecule has 1 heterocycles. The van der Waals surface area contributed by atoms with Crippen LogP contribution in [0.3, 0.4) is 0 Å². The van der Waals surface area contributed by atoms with E-state index < -0.39 is 29.6 Å². The molecule has 2 aliphatic carbocycles. The van der Waals surface area contributed by atoms with Crippen LogP contribution in [0.15, 0.2) is 23.6 Å². The molecule has 0 aromatic heterocycles. The standard InChI is InChI=1S/C21H28O6S/c1-12-6-7-15(27-16(23)8-9-28-5)17-18(26-14(3)22)21(11-20(12,17)4)13(2)10-25-19(21)24/h8-9,12,15,17-18H,2,6-7,10-11H2,1,3-5H3/t12?,15?,17-,18?,20-,21-/m1/s1. The van der Waals surface area contributed by atoms with Crippen molar-refractivity contribution in [3.8, 4) is 0 Å². The molecule has 1 aliphatic heterocycles. The summed E-state index contributed by atoms with van der Waals surface area (Å²) in [6, 6.07) is 0. The maximum absolute atomic E-state index is 12.9. The molecule has 0 aromatic rings. The van der Waals surface area contributed by atoms with E-state index in [0.29, 0.717) is 18.4 Å². The van der Waals surface area contributed by atoms with E-state index in [9.17, 15) is 14.4 Å². The van der Waals surface area contributed by atoms with Gasteiger partial charge in [0.25, 0.3) is 0 Å². The van der Waals surface area contributed by atoms with Crippen LogP contribution in [0.2, 0.25) is 0 Å². The molecule has 3 fully saturated rings.